The molecule has 0 fully saturated rings. The first-order valence-electron chi connectivity index (χ1n) is 8.77. The van der Waals surface area contributed by atoms with Gasteiger partial charge in [0.2, 0.25) is 5.91 Å². The lowest BCUT2D eigenvalue weighted by Crippen LogP contribution is -2.44. The molecule has 3 aromatic rings. The second-order valence-corrected chi connectivity index (χ2v) is 6.33. The maximum Gasteiger partial charge on any atom is 0.251 e. The minimum atomic E-state index is -0.623. The van der Waals surface area contributed by atoms with E-state index in [9.17, 15) is 9.59 Å². The quantitative estimate of drug-likeness (QED) is 0.707. The van der Waals surface area contributed by atoms with Crippen LogP contribution in [0.25, 0.3) is 10.8 Å². The molecule has 0 radical (unpaired) electrons. The predicted molar refractivity (Wildman–Crippen MR) is 106 cm³/mol. The average molecular weight is 362 g/mol. The van der Waals surface area contributed by atoms with Gasteiger partial charge in [-0.05, 0) is 53.6 Å². The maximum atomic E-state index is 12.3. The maximum absolute atomic E-state index is 12.3. The molecule has 0 heterocycles. The molecular formula is C22H22N2O3. The van der Waals surface area contributed by atoms with Crippen molar-refractivity contribution in [1.82, 2.24) is 10.6 Å². The van der Waals surface area contributed by atoms with Crippen LogP contribution in [0.2, 0.25) is 0 Å². The van der Waals surface area contributed by atoms with Crippen LogP contribution in [0.15, 0.2) is 66.7 Å². The van der Waals surface area contributed by atoms with E-state index in [1.165, 1.54) is 0 Å². The van der Waals surface area contributed by atoms with Crippen molar-refractivity contribution >= 4 is 22.6 Å². The van der Waals surface area contributed by atoms with Crippen LogP contribution in [0.1, 0.15) is 22.8 Å². The molecular weight excluding hydrogens is 340 g/mol. The van der Waals surface area contributed by atoms with Gasteiger partial charge in [0.25, 0.3) is 5.91 Å². The van der Waals surface area contributed by atoms with Crippen molar-refractivity contribution in [3.63, 3.8) is 0 Å². The van der Waals surface area contributed by atoms with Crippen molar-refractivity contribution in [2.45, 2.75) is 19.5 Å². The standard InChI is InChI=1S/C22H22N2O3/c1-15(24-22(26)17-6-4-3-5-7-17)21(25)23-14-16-8-9-19-13-20(27-2)11-10-18(19)12-16/h3-13,15H,14H2,1-2H3,(H,23,25)(H,24,26)/t15-/m0/s1. The lowest BCUT2D eigenvalue weighted by molar-refractivity contribution is -0.122. The fourth-order valence-electron chi connectivity index (χ4n) is 2.79. The second-order valence-electron chi connectivity index (χ2n) is 6.33. The molecule has 0 aliphatic heterocycles. The molecule has 0 saturated heterocycles. The lowest BCUT2D eigenvalue weighted by atomic mass is 10.1. The van der Waals surface area contributed by atoms with Crippen molar-refractivity contribution in [2.75, 3.05) is 7.11 Å². The monoisotopic (exact) mass is 362 g/mol. The van der Waals surface area contributed by atoms with E-state index in [4.69, 9.17) is 4.74 Å². The van der Waals surface area contributed by atoms with E-state index in [2.05, 4.69) is 10.6 Å². The Labute approximate surface area is 158 Å². The molecule has 0 unspecified atom stereocenters. The van der Waals surface area contributed by atoms with Crippen LogP contribution >= 0.6 is 0 Å². The topological polar surface area (TPSA) is 67.4 Å². The zero-order valence-electron chi connectivity index (χ0n) is 15.4. The molecule has 5 nitrogen and oxygen atoms in total. The highest BCUT2D eigenvalue weighted by molar-refractivity contribution is 5.97. The summed E-state index contributed by atoms with van der Waals surface area (Å²) in [7, 11) is 1.64. The fourth-order valence-corrected chi connectivity index (χ4v) is 2.79. The average Bonchev–Trinajstić information content (AvgIpc) is 2.71. The Balaban J connectivity index is 1.58. The summed E-state index contributed by atoms with van der Waals surface area (Å²) in [6, 6.07) is 20.1. The Morgan fingerprint density at radius 3 is 2.41 bits per heavy atom. The predicted octanol–water partition coefficient (Wildman–Crippen LogP) is 3.28. The molecule has 0 aromatic heterocycles. The van der Waals surface area contributed by atoms with E-state index >= 15 is 0 Å². The molecule has 1 atom stereocenters. The first-order valence-corrected chi connectivity index (χ1v) is 8.77. The van der Waals surface area contributed by atoms with Crippen LogP contribution in [-0.2, 0) is 11.3 Å². The molecule has 27 heavy (non-hydrogen) atoms. The van der Waals surface area contributed by atoms with Gasteiger partial charge in [0.05, 0.1) is 7.11 Å². The van der Waals surface area contributed by atoms with Crippen molar-refractivity contribution in [3.05, 3.63) is 77.9 Å². The molecule has 0 spiro atoms. The number of hydrogen-bond donors (Lipinski definition) is 2. The third kappa shape index (κ3) is 4.64. The van der Waals surface area contributed by atoms with Crippen LogP contribution in [0.3, 0.4) is 0 Å². The third-order valence-electron chi connectivity index (χ3n) is 4.36. The van der Waals surface area contributed by atoms with Crippen molar-refractivity contribution in [1.29, 1.82) is 0 Å². The van der Waals surface area contributed by atoms with Crippen molar-refractivity contribution < 1.29 is 14.3 Å². The molecule has 5 heteroatoms. The van der Waals surface area contributed by atoms with Gasteiger partial charge >= 0.3 is 0 Å². The first-order chi connectivity index (χ1) is 13.1. The number of benzene rings is 3. The summed E-state index contributed by atoms with van der Waals surface area (Å²) in [6.45, 7) is 2.06. The molecule has 0 aliphatic carbocycles. The molecule has 0 saturated carbocycles. The SMILES string of the molecule is COc1ccc2cc(CNC(=O)[C@H](C)NC(=O)c3ccccc3)ccc2c1. The normalized spacial score (nSPS) is 11.6. The van der Waals surface area contributed by atoms with Gasteiger partial charge in [-0.25, -0.2) is 0 Å². The van der Waals surface area contributed by atoms with Gasteiger partial charge in [-0.2, -0.15) is 0 Å². The summed E-state index contributed by atoms with van der Waals surface area (Å²) >= 11 is 0. The van der Waals surface area contributed by atoms with Crippen molar-refractivity contribution in [2.24, 2.45) is 0 Å². The number of ether oxygens (including phenoxy) is 1. The van der Waals surface area contributed by atoms with Crippen LogP contribution in [0, 0.1) is 0 Å². The van der Waals surface area contributed by atoms with Crippen LogP contribution in [0.5, 0.6) is 5.75 Å². The minimum absolute atomic E-state index is 0.228. The highest BCUT2D eigenvalue weighted by atomic mass is 16.5. The molecule has 3 aromatic carbocycles. The van der Waals surface area contributed by atoms with Gasteiger partial charge in [-0.3, -0.25) is 9.59 Å². The van der Waals surface area contributed by atoms with E-state index in [1.54, 1.807) is 38.3 Å². The second kappa shape index (κ2) is 8.36. The summed E-state index contributed by atoms with van der Waals surface area (Å²) in [5.41, 5.74) is 1.52. The van der Waals surface area contributed by atoms with Crippen LogP contribution < -0.4 is 15.4 Å². The molecule has 3 rings (SSSR count). The summed E-state index contributed by atoms with van der Waals surface area (Å²) in [4.78, 5) is 24.4. The first kappa shape index (κ1) is 18.5. The van der Waals surface area contributed by atoms with E-state index in [0.29, 0.717) is 12.1 Å². The van der Waals surface area contributed by atoms with Gasteiger partial charge in [0, 0.05) is 12.1 Å². The summed E-state index contributed by atoms with van der Waals surface area (Å²) < 4.78 is 5.23. The highest BCUT2D eigenvalue weighted by Gasteiger charge is 2.16. The number of carbonyl (C=O) groups is 2. The number of nitrogens with one attached hydrogen (secondary N) is 2. The van der Waals surface area contributed by atoms with E-state index in [1.807, 2.05) is 42.5 Å². The minimum Gasteiger partial charge on any atom is -0.497 e. The number of amides is 2. The summed E-state index contributed by atoms with van der Waals surface area (Å²) in [5, 5.41) is 7.73. The summed E-state index contributed by atoms with van der Waals surface area (Å²) in [6.07, 6.45) is 0. The molecule has 138 valence electrons. The number of methoxy groups -OCH3 is 1. The molecule has 2 N–H and O–H groups in total. The Bertz CT molecular complexity index is 954. The van der Waals surface area contributed by atoms with E-state index in [-0.39, 0.29) is 11.8 Å². The number of fused-ring (bicyclic) bond motifs is 1. The van der Waals surface area contributed by atoms with Crippen LogP contribution in [-0.4, -0.2) is 25.0 Å². The smallest absolute Gasteiger partial charge is 0.251 e. The fraction of sp³-hybridized carbons (Fsp3) is 0.182. The zero-order valence-corrected chi connectivity index (χ0v) is 15.4. The Morgan fingerprint density at radius 2 is 1.67 bits per heavy atom. The molecule has 0 bridgehead atoms. The lowest BCUT2D eigenvalue weighted by Gasteiger charge is -2.14. The van der Waals surface area contributed by atoms with Gasteiger partial charge in [0.1, 0.15) is 11.8 Å². The van der Waals surface area contributed by atoms with Crippen LogP contribution in [0.4, 0.5) is 0 Å². The molecule has 0 aliphatic rings. The van der Waals surface area contributed by atoms with E-state index < -0.39 is 6.04 Å². The van der Waals surface area contributed by atoms with Gasteiger partial charge in [-0.1, -0.05) is 36.4 Å². The molecule has 2 amide bonds. The zero-order chi connectivity index (χ0) is 19.2. The van der Waals surface area contributed by atoms with Gasteiger partial charge in [0.15, 0.2) is 0 Å². The third-order valence-corrected chi connectivity index (χ3v) is 4.36. The summed E-state index contributed by atoms with van der Waals surface area (Å²) in [5.74, 6) is 0.318. The largest absolute Gasteiger partial charge is 0.497 e. The highest BCUT2D eigenvalue weighted by Crippen LogP contribution is 2.21. The van der Waals surface area contributed by atoms with E-state index in [0.717, 1.165) is 22.1 Å². The Morgan fingerprint density at radius 1 is 0.963 bits per heavy atom. The Hall–Kier alpha value is -3.34. The van der Waals surface area contributed by atoms with Gasteiger partial charge in [-0.15, -0.1) is 0 Å². The number of carbonyl (C=O) groups excluding carboxylic acids is 2. The number of hydrogen-bond acceptors (Lipinski definition) is 3. The Kier molecular flexibility index (Phi) is 5.71. The number of rotatable bonds is 6. The van der Waals surface area contributed by atoms with Crippen molar-refractivity contribution in [3.8, 4) is 5.75 Å². The van der Waals surface area contributed by atoms with Gasteiger partial charge < -0.3 is 15.4 Å².